The van der Waals surface area contributed by atoms with Crippen molar-refractivity contribution in [3.63, 3.8) is 0 Å². The minimum Gasteiger partial charge on any atom is -0.282 e. The van der Waals surface area contributed by atoms with Crippen LogP contribution >= 0.6 is 0 Å². The SMILES string of the molecule is C=C1C=CCCCc2nn(-c3ccc(/C=C/c4ccc([N+](=O)[O-])cc4S(=O)(=O)O)c(S(=O)(=O)O)c3)nc2/C=C\1. The number of hydrogen-bond acceptors (Lipinski definition) is 8. The van der Waals surface area contributed by atoms with E-state index in [4.69, 9.17) is 0 Å². The van der Waals surface area contributed by atoms with E-state index in [1.54, 1.807) is 12.2 Å². The van der Waals surface area contributed by atoms with Crippen LogP contribution in [0.4, 0.5) is 5.69 Å². The number of hydrogen-bond donors (Lipinski definition) is 2. The van der Waals surface area contributed by atoms with Crippen LogP contribution in [0, 0.1) is 10.1 Å². The van der Waals surface area contributed by atoms with Gasteiger partial charge in [-0.15, -0.1) is 5.10 Å². The van der Waals surface area contributed by atoms with Crippen LogP contribution in [-0.2, 0) is 26.7 Å². The Morgan fingerprint density at radius 1 is 0.923 bits per heavy atom. The van der Waals surface area contributed by atoms with Crippen molar-refractivity contribution in [3.05, 3.63) is 99.4 Å². The average Bonchev–Trinajstić information content (AvgIpc) is 3.27. The third kappa shape index (κ3) is 6.61. The maximum absolute atomic E-state index is 12.2. The number of non-ortho nitro benzene ring substituents is 1. The van der Waals surface area contributed by atoms with Gasteiger partial charge in [-0.2, -0.15) is 26.7 Å². The van der Waals surface area contributed by atoms with Crippen LogP contribution < -0.4 is 0 Å². The van der Waals surface area contributed by atoms with Gasteiger partial charge in [-0.25, -0.2) is 0 Å². The fourth-order valence-electron chi connectivity index (χ4n) is 3.82. The van der Waals surface area contributed by atoms with Gasteiger partial charge in [0.25, 0.3) is 25.9 Å². The molecule has 12 nitrogen and oxygen atoms in total. The van der Waals surface area contributed by atoms with Crippen LogP contribution in [0.15, 0.2) is 76.6 Å². The number of aromatic nitrogens is 3. The molecule has 3 aromatic rings. The van der Waals surface area contributed by atoms with Gasteiger partial charge < -0.3 is 0 Å². The summed E-state index contributed by atoms with van der Waals surface area (Å²) in [6.07, 6.45) is 12.1. The lowest BCUT2D eigenvalue weighted by molar-refractivity contribution is -0.385. The molecule has 0 aliphatic heterocycles. The lowest BCUT2D eigenvalue weighted by Crippen LogP contribution is -2.05. The van der Waals surface area contributed by atoms with Gasteiger partial charge in [-0.1, -0.05) is 43.0 Å². The zero-order valence-electron chi connectivity index (χ0n) is 20.2. The first kappa shape index (κ1) is 27.8. The van der Waals surface area contributed by atoms with Gasteiger partial charge in [0.2, 0.25) is 0 Å². The zero-order valence-corrected chi connectivity index (χ0v) is 21.8. The minimum atomic E-state index is -4.85. The number of nitro groups is 1. The number of fused-ring (bicyclic) bond motifs is 1. The van der Waals surface area contributed by atoms with Gasteiger partial charge in [0, 0.05) is 12.1 Å². The third-order valence-electron chi connectivity index (χ3n) is 5.72. The van der Waals surface area contributed by atoms with Crippen LogP contribution in [0.1, 0.15) is 35.4 Å². The van der Waals surface area contributed by atoms with Crippen molar-refractivity contribution < 1.29 is 30.9 Å². The van der Waals surface area contributed by atoms with E-state index in [1.807, 2.05) is 12.2 Å². The molecule has 0 radical (unpaired) electrons. The van der Waals surface area contributed by atoms with E-state index in [1.165, 1.54) is 23.0 Å². The molecule has 0 saturated carbocycles. The monoisotopic (exact) mass is 570 g/mol. The Morgan fingerprint density at radius 2 is 1.56 bits per heavy atom. The highest BCUT2D eigenvalue weighted by Gasteiger charge is 2.20. The van der Waals surface area contributed by atoms with E-state index < -0.39 is 40.6 Å². The summed E-state index contributed by atoms with van der Waals surface area (Å²) in [5.41, 5.74) is 1.57. The summed E-state index contributed by atoms with van der Waals surface area (Å²) < 4.78 is 67.4. The van der Waals surface area contributed by atoms with Crippen LogP contribution in [0.3, 0.4) is 0 Å². The number of benzene rings is 2. The smallest absolute Gasteiger partial charge is 0.282 e. The predicted molar refractivity (Wildman–Crippen MR) is 143 cm³/mol. The maximum Gasteiger partial charge on any atom is 0.295 e. The molecule has 0 saturated heterocycles. The summed E-state index contributed by atoms with van der Waals surface area (Å²) in [7, 11) is -9.61. The molecule has 14 heteroatoms. The summed E-state index contributed by atoms with van der Waals surface area (Å²) in [6, 6.07) is 6.81. The first-order valence-electron chi connectivity index (χ1n) is 11.4. The van der Waals surface area contributed by atoms with Crippen LogP contribution in [0.25, 0.3) is 23.9 Å². The Labute approximate surface area is 224 Å². The summed E-state index contributed by atoms with van der Waals surface area (Å²) in [4.78, 5) is 10.2. The largest absolute Gasteiger partial charge is 0.295 e. The van der Waals surface area contributed by atoms with Crippen molar-refractivity contribution in [3.8, 4) is 5.69 Å². The normalized spacial score (nSPS) is 15.3. The molecule has 0 amide bonds. The summed E-state index contributed by atoms with van der Waals surface area (Å²) >= 11 is 0. The second kappa shape index (κ2) is 10.9. The van der Waals surface area contributed by atoms with Crippen LogP contribution in [0.5, 0.6) is 0 Å². The molecule has 202 valence electrons. The molecule has 0 fully saturated rings. The molecule has 1 aliphatic carbocycles. The minimum absolute atomic E-state index is 0.0262. The lowest BCUT2D eigenvalue weighted by Gasteiger charge is -2.07. The quantitative estimate of drug-likeness (QED) is 0.187. The van der Waals surface area contributed by atoms with Crippen molar-refractivity contribution in [2.24, 2.45) is 0 Å². The molecule has 1 aromatic heterocycles. The number of allylic oxidation sites excluding steroid dienone is 4. The highest BCUT2D eigenvalue weighted by Crippen LogP contribution is 2.27. The van der Waals surface area contributed by atoms with Gasteiger partial charge in [0.15, 0.2) is 0 Å². The number of rotatable bonds is 6. The van der Waals surface area contributed by atoms with Gasteiger partial charge >= 0.3 is 0 Å². The molecule has 0 atom stereocenters. The highest BCUT2D eigenvalue weighted by molar-refractivity contribution is 7.86. The second-order valence-electron chi connectivity index (χ2n) is 8.51. The van der Waals surface area contributed by atoms with Crippen molar-refractivity contribution in [1.29, 1.82) is 0 Å². The maximum atomic E-state index is 12.2. The lowest BCUT2D eigenvalue weighted by atomic mass is 10.1. The van der Waals surface area contributed by atoms with E-state index in [0.717, 1.165) is 42.7 Å². The molecular weight excluding hydrogens is 548 g/mol. The van der Waals surface area contributed by atoms with Crippen LogP contribution in [0.2, 0.25) is 0 Å². The fraction of sp³-hybridized carbons (Fsp3) is 0.120. The molecular formula is C25H22N4O8S2. The molecule has 4 rings (SSSR count). The van der Waals surface area contributed by atoms with Gasteiger partial charge in [-0.3, -0.25) is 19.2 Å². The van der Waals surface area contributed by atoms with Gasteiger partial charge in [-0.05, 0) is 60.2 Å². The summed E-state index contributed by atoms with van der Waals surface area (Å²) in [5, 5.41) is 19.9. The molecule has 0 spiro atoms. The Morgan fingerprint density at radius 3 is 2.21 bits per heavy atom. The van der Waals surface area contributed by atoms with E-state index in [-0.39, 0.29) is 16.8 Å². The number of aryl methyl sites for hydroxylation is 1. The molecule has 2 aromatic carbocycles. The number of nitrogens with zero attached hydrogens (tertiary/aromatic N) is 4. The van der Waals surface area contributed by atoms with Gasteiger partial charge in [0.05, 0.1) is 16.3 Å². The topological polar surface area (TPSA) is 183 Å². The predicted octanol–water partition coefficient (Wildman–Crippen LogP) is 4.30. The van der Waals surface area contributed by atoms with Crippen molar-refractivity contribution in [1.82, 2.24) is 15.0 Å². The molecule has 1 heterocycles. The first-order chi connectivity index (χ1) is 18.3. The van der Waals surface area contributed by atoms with Crippen molar-refractivity contribution >= 4 is 44.2 Å². The summed E-state index contributed by atoms with van der Waals surface area (Å²) in [5.74, 6) is 0. The number of nitro benzene ring substituents is 1. The highest BCUT2D eigenvalue weighted by atomic mass is 32.2. The van der Waals surface area contributed by atoms with Crippen molar-refractivity contribution in [2.45, 2.75) is 29.1 Å². The first-order valence-corrected chi connectivity index (χ1v) is 14.3. The van der Waals surface area contributed by atoms with E-state index in [0.29, 0.717) is 23.9 Å². The van der Waals surface area contributed by atoms with Crippen molar-refractivity contribution in [2.75, 3.05) is 0 Å². The standard InChI is InChI=1S/C25H22N4O8S2/c1-17-5-3-2-4-6-22-23(14-7-17)27-28(26-22)20-12-10-18(24(15-20)38(32,33)34)8-9-19-11-13-21(29(30)31)16-25(19)39(35,36)37/h3,5,7-16H,1-2,4,6H2,(H,32,33,34)(H,35,36,37)/b5-3?,9-8+,14-7-. The van der Waals surface area contributed by atoms with E-state index in [9.17, 15) is 36.1 Å². The molecule has 2 N–H and O–H groups in total. The Hall–Kier alpha value is -4.24. The Bertz CT molecular complexity index is 1790. The molecule has 1 aliphatic rings. The average molecular weight is 571 g/mol. The molecule has 39 heavy (non-hydrogen) atoms. The summed E-state index contributed by atoms with van der Waals surface area (Å²) in [6.45, 7) is 3.94. The fourth-order valence-corrected chi connectivity index (χ4v) is 5.23. The van der Waals surface area contributed by atoms with Crippen LogP contribution in [-0.4, -0.2) is 45.9 Å². The second-order valence-corrected chi connectivity index (χ2v) is 11.3. The third-order valence-corrected chi connectivity index (χ3v) is 7.54. The van der Waals surface area contributed by atoms with E-state index in [2.05, 4.69) is 16.8 Å². The van der Waals surface area contributed by atoms with Gasteiger partial charge in [0.1, 0.15) is 15.5 Å². The van der Waals surface area contributed by atoms with E-state index >= 15 is 0 Å². The zero-order chi connectivity index (χ0) is 28.4. The molecule has 0 bridgehead atoms. The Balaban J connectivity index is 1.76. The molecule has 0 unspecified atom stereocenters. The Kier molecular flexibility index (Phi) is 7.74.